The zero-order valence-electron chi connectivity index (χ0n) is 5.78. The molecule has 1 amide bonds. The second-order valence-electron chi connectivity index (χ2n) is 1.73. The molecule has 0 aliphatic heterocycles. The van der Waals surface area contributed by atoms with Gasteiger partial charge in [0.05, 0.1) is 6.61 Å². The summed E-state index contributed by atoms with van der Waals surface area (Å²) in [5, 5.41) is 2.49. The molecule has 60 valence electrons. The van der Waals surface area contributed by atoms with Crippen LogP contribution in [0.2, 0.25) is 0 Å². The Kier molecular flexibility index (Phi) is 4.28. The molecule has 0 fully saturated rings. The zero-order valence-corrected chi connectivity index (χ0v) is 8.95. The van der Waals surface area contributed by atoms with Gasteiger partial charge < -0.3 is 4.74 Å². The largest absolute Gasteiger partial charge is 0.450 e. The third kappa shape index (κ3) is 6.35. The molecule has 0 aromatic carbocycles. The minimum Gasteiger partial charge on any atom is -0.450 e. The Bertz CT molecular complexity index is 121. The van der Waals surface area contributed by atoms with Gasteiger partial charge in [0.15, 0.2) is 3.36 Å². The quantitative estimate of drug-likeness (QED) is 0.619. The summed E-state index contributed by atoms with van der Waals surface area (Å²) in [6.45, 7) is 3.87. The number of rotatable bonds is 2. The van der Waals surface area contributed by atoms with E-state index in [1.54, 1.807) is 13.8 Å². The number of alkyl carbamates (subject to hydrolysis) is 1. The first-order valence-electron chi connectivity index (χ1n) is 2.78. The summed E-state index contributed by atoms with van der Waals surface area (Å²) in [6.07, 6.45) is -0.446. The Balaban J connectivity index is 3.58. The smallest absolute Gasteiger partial charge is 0.408 e. The maximum Gasteiger partial charge on any atom is 0.408 e. The Hall–Kier alpha value is 0.230. The highest BCUT2D eigenvalue weighted by Crippen LogP contribution is 2.20. The van der Waals surface area contributed by atoms with Crippen LogP contribution in [0.3, 0.4) is 0 Å². The normalized spacial score (nSPS) is 10.8. The van der Waals surface area contributed by atoms with Gasteiger partial charge in [-0.1, -0.05) is 0 Å². The van der Waals surface area contributed by atoms with Gasteiger partial charge in [-0.3, -0.25) is 5.32 Å². The molecule has 0 aromatic heterocycles. The third-order valence-corrected chi connectivity index (χ3v) is 0.993. The van der Waals surface area contributed by atoms with Crippen molar-refractivity contribution in [1.82, 2.24) is 5.32 Å². The van der Waals surface area contributed by atoms with Gasteiger partial charge in [-0.15, -0.1) is 0 Å². The van der Waals surface area contributed by atoms with E-state index in [1.807, 2.05) is 0 Å². The number of hydrogen-bond acceptors (Lipinski definition) is 2. The van der Waals surface area contributed by atoms with Crippen molar-refractivity contribution in [2.75, 3.05) is 6.61 Å². The summed E-state index contributed by atoms with van der Waals surface area (Å²) in [6, 6.07) is 0. The third-order valence-electron chi connectivity index (χ3n) is 0.597. The number of nitrogens with one attached hydrogen (secondary N) is 1. The molecule has 5 heteroatoms. The monoisotopic (exact) mass is 273 g/mol. The average Bonchev–Trinajstić information content (AvgIpc) is 1.59. The first-order chi connectivity index (χ1) is 4.45. The molecule has 0 aliphatic rings. The fraction of sp³-hybridized carbons (Fsp3) is 0.800. The molecule has 3 nitrogen and oxygen atoms in total. The predicted molar refractivity (Wildman–Crippen MR) is 46.4 cm³/mol. The second kappa shape index (κ2) is 4.18. The highest BCUT2D eigenvalue weighted by Gasteiger charge is 2.17. The molecule has 0 heterocycles. The first-order valence-corrected chi connectivity index (χ1v) is 4.37. The number of hydrogen-bond donors (Lipinski definition) is 1. The van der Waals surface area contributed by atoms with Crippen molar-refractivity contribution < 1.29 is 9.53 Å². The molecule has 0 saturated heterocycles. The van der Waals surface area contributed by atoms with Gasteiger partial charge in [-0.05, 0) is 45.7 Å². The highest BCUT2D eigenvalue weighted by molar-refractivity contribution is 9.25. The predicted octanol–water partition coefficient (Wildman–Crippen LogP) is 2.20. The Morgan fingerprint density at radius 1 is 1.70 bits per heavy atom. The molecule has 10 heavy (non-hydrogen) atoms. The molecule has 0 atom stereocenters. The lowest BCUT2D eigenvalue weighted by molar-refractivity contribution is 0.151. The molecule has 0 aromatic rings. The Morgan fingerprint density at radius 3 is 2.50 bits per heavy atom. The van der Waals surface area contributed by atoms with Crippen LogP contribution in [-0.2, 0) is 4.74 Å². The van der Waals surface area contributed by atoms with E-state index < -0.39 is 9.45 Å². The van der Waals surface area contributed by atoms with Crippen LogP contribution < -0.4 is 5.32 Å². The van der Waals surface area contributed by atoms with Crippen LogP contribution in [0.15, 0.2) is 0 Å². The summed E-state index contributed by atoms with van der Waals surface area (Å²) in [5.41, 5.74) is 0. The van der Waals surface area contributed by atoms with E-state index in [1.165, 1.54) is 0 Å². The van der Waals surface area contributed by atoms with E-state index in [0.717, 1.165) is 0 Å². The minimum absolute atomic E-state index is 0.377. The second-order valence-corrected chi connectivity index (χ2v) is 5.97. The number of carbonyl (C=O) groups is 1. The minimum atomic E-state index is -0.577. The molecule has 0 aliphatic carbocycles. The van der Waals surface area contributed by atoms with Gasteiger partial charge >= 0.3 is 6.09 Å². The number of alkyl halides is 2. The lowest BCUT2D eigenvalue weighted by Crippen LogP contribution is -2.35. The number of carbonyl (C=O) groups excluding carboxylic acids is 1. The van der Waals surface area contributed by atoms with Crippen molar-refractivity contribution in [3.8, 4) is 0 Å². The van der Waals surface area contributed by atoms with Crippen molar-refractivity contribution in [1.29, 1.82) is 0 Å². The first kappa shape index (κ1) is 10.2. The van der Waals surface area contributed by atoms with Crippen molar-refractivity contribution in [2.45, 2.75) is 17.2 Å². The summed E-state index contributed by atoms with van der Waals surface area (Å²) < 4.78 is 4.03. The summed E-state index contributed by atoms with van der Waals surface area (Å²) >= 11 is 6.31. The van der Waals surface area contributed by atoms with Gasteiger partial charge in [0, 0.05) is 0 Å². The standard InChI is InChI=1S/C5H9Br2NO2/c1-3-10-4(9)8-5(2,6)7/h3H2,1-2H3,(H,8,9). The SMILES string of the molecule is CCOC(=O)NC(C)(Br)Br. The number of ether oxygens (including phenoxy) is 1. The van der Waals surface area contributed by atoms with Crippen LogP contribution in [0.1, 0.15) is 13.8 Å². The van der Waals surface area contributed by atoms with Crippen molar-refractivity contribution in [2.24, 2.45) is 0 Å². The lowest BCUT2D eigenvalue weighted by atomic mass is 10.7. The maximum absolute atomic E-state index is 10.7. The van der Waals surface area contributed by atoms with Crippen LogP contribution in [0.5, 0.6) is 0 Å². The van der Waals surface area contributed by atoms with E-state index in [9.17, 15) is 4.79 Å². The maximum atomic E-state index is 10.7. The van der Waals surface area contributed by atoms with Crippen molar-refractivity contribution >= 4 is 38.0 Å². The topological polar surface area (TPSA) is 38.3 Å². The van der Waals surface area contributed by atoms with Gasteiger partial charge in [-0.2, -0.15) is 0 Å². The molecule has 0 bridgehead atoms. The average molecular weight is 275 g/mol. The van der Waals surface area contributed by atoms with Gasteiger partial charge in [0.25, 0.3) is 0 Å². The summed E-state index contributed by atoms with van der Waals surface area (Å²) in [5.74, 6) is 0. The molecular formula is C5H9Br2NO2. The van der Waals surface area contributed by atoms with Crippen molar-refractivity contribution in [3.05, 3.63) is 0 Å². The molecule has 0 saturated carbocycles. The molecule has 0 spiro atoms. The van der Waals surface area contributed by atoms with Crippen LogP contribution in [-0.4, -0.2) is 16.1 Å². The fourth-order valence-electron chi connectivity index (χ4n) is 0.346. The van der Waals surface area contributed by atoms with E-state index in [-0.39, 0.29) is 0 Å². The van der Waals surface area contributed by atoms with E-state index >= 15 is 0 Å². The molecule has 0 unspecified atom stereocenters. The van der Waals surface area contributed by atoms with Crippen LogP contribution in [0, 0.1) is 0 Å². The van der Waals surface area contributed by atoms with Gasteiger partial charge in [0.1, 0.15) is 0 Å². The van der Waals surface area contributed by atoms with E-state index in [2.05, 4.69) is 41.9 Å². The Morgan fingerprint density at radius 2 is 2.20 bits per heavy atom. The molecule has 1 N–H and O–H groups in total. The molecule has 0 radical (unpaired) electrons. The van der Waals surface area contributed by atoms with Gasteiger partial charge in [0.2, 0.25) is 0 Å². The lowest BCUT2D eigenvalue weighted by Gasteiger charge is -2.15. The number of halogens is 2. The molecular weight excluding hydrogens is 266 g/mol. The van der Waals surface area contributed by atoms with Crippen LogP contribution in [0.25, 0.3) is 0 Å². The van der Waals surface area contributed by atoms with Crippen LogP contribution in [0.4, 0.5) is 4.79 Å². The highest BCUT2D eigenvalue weighted by atomic mass is 79.9. The van der Waals surface area contributed by atoms with E-state index in [4.69, 9.17) is 0 Å². The van der Waals surface area contributed by atoms with Gasteiger partial charge in [-0.25, -0.2) is 4.79 Å². The van der Waals surface area contributed by atoms with Crippen LogP contribution >= 0.6 is 31.9 Å². The summed E-state index contributed by atoms with van der Waals surface area (Å²) in [7, 11) is 0. The summed E-state index contributed by atoms with van der Waals surface area (Å²) in [4.78, 5) is 10.7. The van der Waals surface area contributed by atoms with E-state index in [0.29, 0.717) is 6.61 Å². The van der Waals surface area contributed by atoms with Crippen molar-refractivity contribution in [3.63, 3.8) is 0 Å². The zero-order chi connectivity index (χ0) is 8.20. The Labute approximate surface area is 76.8 Å². The molecule has 0 rings (SSSR count). The fourth-order valence-corrected chi connectivity index (χ4v) is 0.670. The number of amides is 1.